The van der Waals surface area contributed by atoms with Gasteiger partial charge in [-0.05, 0) is 60.2 Å². The van der Waals surface area contributed by atoms with Crippen LogP contribution >= 0.6 is 0 Å². The lowest BCUT2D eigenvalue weighted by Crippen LogP contribution is -2.12. The molecule has 0 aliphatic rings. The van der Waals surface area contributed by atoms with Crippen LogP contribution in [0.4, 0.5) is 18.9 Å². The molecule has 0 fully saturated rings. The fourth-order valence-corrected chi connectivity index (χ4v) is 3.42. The van der Waals surface area contributed by atoms with Crippen molar-refractivity contribution in [2.75, 3.05) is 12.4 Å². The number of anilines is 1. The number of oxazole rings is 1. The molecule has 0 atom stereocenters. The van der Waals surface area contributed by atoms with Gasteiger partial charge in [0.2, 0.25) is 5.91 Å². The van der Waals surface area contributed by atoms with Gasteiger partial charge in [-0.3, -0.25) is 4.79 Å². The Bertz CT molecular complexity index is 1290. The van der Waals surface area contributed by atoms with Crippen molar-refractivity contribution < 1.29 is 31.9 Å². The Labute approximate surface area is 199 Å². The number of aryl methyl sites for hydroxylation is 1. The van der Waals surface area contributed by atoms with E-state index < -0.39 is 6.61 Å². The van der Waals surface area contributed by atoms with Crippen LogP contribution in [0.5, 0.6) is 11.5 Å². The van der Waals surface area contributed by atoms with E-state index in [0.717, 1.165) is 0 Å². The molecule has 1 heterocycles. The molecule has 180 valence electrons. The zero-order chi connectivity index (χ0) is 24.8. The number of alkyl halides is 2. The predicted octanol–water partition coefficient (Wildman–Crippen LogP) is 6.33. The second kappa shape index (κ2) is 10.8. The quantitative estimate of drug-likeness (QED) is 0.302. The van der Waals surface area contributed by atoms with Gasteiger partial charge in [0.25, 0.3) is 0 Å². The van der Waals surface area contributed by atoms with Crippen LogP contribution in [0.2, 0.25) is 0 Å². The molecule has 6 nitrogen and oxygen atoms in total. The first-order chi connectivity index (χ1) is 16.9. The molecule has 1 N–H and O–H groups in total. The van der Waals surface area contributed by atoms with Gasteiger partial charge >= 0.3 is 6.61 Å². The van der Waals surface area contributed by atoms with E-state index in [0.29, 0.717) is 39.8 Å². The summed E-state index contributed by atoms with van der Waals surface area (Å²) in [5.41, 5.74) is 2.10. The molecule has 0 unspecified atom stereocenters. The molecule has 0 saturated carbocycles. The molecular weight excluding hydrogens is 461 g/mol. The highest BCUT2D eigenvalue weighted by molar-refractivity contribution is 5.92. The lowest BCUT2D eigenvalue weighted by atomic mass is 10.0. The van der Waals surface area contributed by atoms with Crippen molar-refractivity contribution in [1.82, 2.24) is 4.98 Å². The third-order valence-electron chi connectivity index (χ3n) is 5.13. The zero-order valence-corrected chi connectivity index (χ0v) is 18.6. The minimum absolute atomic E-state index is 0.0173. The lowest BCUT2D eigenvalue weighted by molar-refractivity contribution is -0.116. The highest BCUT2D eigenvalue weighted by atomic mass is 19.3. The Morgan fingerprint density at radius 2 is 1.74 bits per heavy atom. The molecule has 35 heavy (non-hydrogen) atoms. The van der Waals surface area contributed by atoms with E-state index in [-0.39, 0.29) is 30.3 Å². The van der Waals surface area contributed by atoms with Gasteiger partial charge in [-0.15, -0.1) is 0 Å². The van der Waals surface area contributed by atoms with E-state index in [1.807, 2.05) is 0 Å². The van der Waals surface area contributed by atoms with Gasteiger partial charge < -0.3 is 19.2 Å². The standard InChI is InChI=1S/C26H21F3N2O4/c1-33-20-9-4-16(5-10-20)21-14-19(8-11-22(21)35-26(28)29)31-24(32)12-13-25-30-15-23(34-25)17-2-6-18(27)7-3-17/h2-11,14-15,26H,12-13H2,1H3,(H,31,32). The van der Waals surface area contributed by atoms with Gasteiger partial charge in [-0.25, -0.2) is 9.37 Å². The third-order valence-corrected chi connectivity index (χ3v) is 5.13. The number of rotatable bonds is 9. The summed E-state index contributed by atoms with van der Waals surface area (Å²) in [7, 11) is 1.53. The summed E-state index contributed by atoms with van der Waals surface area (Å²) in [4.78, 5) is 16.7. The van der Waals surface area contributed by atoms with Crippen LogP contribution in [0.15, 0.2) is 77.3 Å². The van der Waals surface area contributed by atoms with Crippen LogP contribution in [-0.2, 0) is 11.2 Å². The van der Waals surface area contributed by atoms with Crippen molar-refractivity contribution in [3.8, 4) is 33.9 Å². The normalized spacial score (nSPS) is 10.9. The number of hydrogen-bond acceptors (Lipinski definition) is 5. The minimum atomic E-state index is -2.99. The lowest BCUT2D eigenvalue weighted by Gasteiger charge is -2.14. The highest BCUT2D eigenvalue weighted by Gasteiger charge is 2.14. The van der Waals surface area contributed by atoms with Gasteiger partial charge in [-0.1, -0.05) is 12.1 Å². The highest BCUT2D eigenvalue weighted by Crippen LogP contribution is 2.34. The van der Waals surface area contributed by atoms with Gasteiger partial charge in [-0.2, -0.15) is 8.78 Å². The first-order valence-corrected chi connectivity index (χ1v) is 10.6. The van der Waals surface area contributed by atoms with E-state index in [1.165, 1.54) is 37.6 Å². The molecule has 1 amide bonds. The summed E-state index contributed by atoms with van der Waals surface area (Å²) in [6.07, 6.45) is 1.84. The van der Waals surface area contributed by atoms with Gasteiger partial charge in [0.1, 0.15) is 17.3 Å². The Kier molecular flexibility index (Phi) is 7.35. The number of nitrogens with zero attached hydrogens (tertiary/aromatic N) is 1. The van der Waals surface area contributed by atoms with Crippen molar-refractivity contribution in [2.45, 2.75) is 19.5 Å². The second-order valence-corrected chi connectivity index (χ2v) is 7.49. The number of carbonyl (C=O) groups excluding carboxylic acids is 1. The summed E-state index contributed by atoms with van der Waals surface area (Å²) < 4.78 is 54.3. The summed E-state index contributed by atoms with van der Waals surface area (Å²) in [5, 5.41) is 2.75. The molecule has 0 saturated heterocycles. The molecule has 0 aliphatic carbocycles. The molecule has 0 spiro atoms. The first-order valence-electron chi connectivity index (χ1n) is 10.6. The minimum Gasteiger partial charge on any atom is -0.497 e. The number of benzene rings is 3. The fourth-order valence-electron chi connectivity index (χ4n) is 3.42. The van der Waals surface area contributed by atoms with Crippen molar-refractivity contribution in [3.05, 3.63) is 84.6 Å². The number of carbonyl (C=O) groups is 1. The largest absolute Gasteiger partial charge is 0.497 e. The zero-order valence-electron chi connectivity index (χ0n) is 18.6. The van der Waals surface area contributed by atoms with Crippen LogP contribution < -0.4 is 14.8 Å². The number of halogens is 3. The number of hydrogen-bond donors (Lipinski definition) is 1. The molecular formula is C26H21F3N2O4. The van der Waals surface area contributed by atoms with Crippen LogP contribution in [0.3, 0.4) is 0 Å². The Morgan fingerprint density at radius 3 is 2.43 bits per heavy atom. The van der Waals surface area contributed by atoms with Crippen molar-refractivity contribution in [2.24, 2.45) is 0 Å². The smallest absolute Gasteiger partial charge is 0.387 e. The molecule has 3 aromatic carbocycles. The molecule has 4 aromatic rings. The molecule has 1 aromatic heterocycles. The van der Waals surface area contributed by atoms with E-state index >= 15 is 0 Å². The number of aromatic nitrogens is 1. The molecule has 0 aliphatic heterocycles. The number of amides is 1. The SMILES string of the molecule is COc1ccc(-c2cc(NC(=O)CCc3ncc(-c4ccc(F)cc4)o3)ccc2OC(F)F)cc1. The van der Waals surface area contributed by atoms with E-state index in [1.54, 1.807) is 42.5 Å². The molecule has 0 bridgehead atoms. The monoisotopic (exact) mass is 482 g/mol. The number of ether oxygens (including phenoxy) is 2. The summed E-state index contributed by atoms with van der Waals surface area (Å²) in [5.74, 6) is 0.766. The number of nitrogens with one attached hydrogen (secondary N) is 1. The summed E-state index contributed by atoms with van der Waals surface area (Å²) in [6, 6.07) is 17.0. The van der Waals surface area contributed by atoms with E-state index in [2.05, 4.69) is 15.0 Å². The second-order valence-electron chi connectivity index (χ2n) is 7.49. The molecule has 9 heteroatoms. The maximum atomic E-state index is 13.1. The van der Waals surface area contributed by atoms with Crippen molar-refractivity contribution in [1.29, 1.82) is 0 Å². The average molecular weight is 482 g/mol. The van der Waals surface area contributed by atoms with Crippen LogP contribution in [-0.4, -0.2) is 24.6 Å². The summed E-state index contributed by atoms with van der Waals surface area (Å²) in [6.45, 7) is -2.99. The first kappa shape index (κ1) is 23.9. The maximum absolute atomic E-state index is 13.1. The maximum Gasteiger partial charge on any atom is 0.387 e. The Balaban J connectivity index is 1.43. The van der Waals surface area contributed by atoms with Crippen LogP contribution in [0.25, 0.3) is 22.5 Å². The van der Waals surface area contributed by atoms with Crippen molar-refractivity contribution >= 4 is 11.6 Å². The Morgan fingerprint density at radius 1 is 1.03 bits per heavy atom. The van der Waals surface area contributed by atoms with Crippen molar-refractivity contribution in [3.63, 3.8) is 0 Å². The Hall–Kier alpha value is -4.27. The van der Waals surface area contributed by atoms with Crippen LogP contribution in [0, 0.1) is 5.82 Å². The van der Waals surface area contributed by atoms with Gasteiger partial charge in [0, 0.05) is 29.7 Å². The molecule has 0 radical (unpaired) electrons. The molecule has 4 rings (SSSR count). The fraction of sp³-hybridized carbons (Fsp3) is 0.154. The van der Waals surface area contributed by atoms with E-state index in [4.69, 9.17) is 9.15 Å². The summed E-state index contributed by atoms with van der Waals surface area (Å²) >= 11 is 0. The average Bonchev–Trinajstić information content (AvgIpc) is 3.33. The van der Waals surface area contributed by atoms with Gasteiger partial charge in [0.05, 0.1) is 13.3 Å². The van der Waals surface area contributed by atoms with Crippen LogP contribution in [0.1, 0.15) is 12.3 Å². The van der Waals surface area contributed by atoms with E-state index in [9.17, 15) is 18.0 Å². The predicted molar refractivity (Wildman–Crippen MR) is 124 cm³/mol. The number of methoxy groups -OCH3 is 1. The topological polar surface area (TPSA) is 73.6 Å². The third kappa shape index (κ3) is 6.20. The van der Waals surface area contributed by atoms with Gasteiger partial charge in [0.15, 0.2) is 11.7 Å².